The lowest BCUT2D eigenvalue weighted by Crippen LogP contribution is -2.48. The van der Waals surface area contributed by atoms with Gasteiger partial charge in [0.15, 0.2) is 0 Å². The van der Waals surface area contributed by atoms with E-state index in [0.29, 0.717) is 42.8 Å². The number of carboxylic acid groups (broad SMARTS) is 1. The van der Waals surface area contributed by atoms with E-state index >= 15 is 0 Å². The van der Waals surface area contributed by atoms with Crippen molar-refractivity contribution in [2.24, 2.45) is 5.92 Å². The largest absolute Gasteiger partial charge is 0.477 e. The Labute approximate surface area is 224 Å². The molecule has 202 valence electrons. The summed E-state index contributed by atoms with van der Waals surface area (Å²) < 4.78 is 16.6. The van der Waals surface area contributed by atoms with Crippen LogP contribution in [0.4, 0.5) is 10.1 Å². The van der Waals surface area contributed by atoms with Crippen LogP contribution < -0.4 is 10.3 Å². The number of anilines is 1. The van der Waals surface area contributed by atoms with Crippen LogP contribution in [0.25, 0.3) is 10.9 Å². The number of pyridine rings is 1. The molecule has 0 spiro atoms. The van der Waals surface area contributed by atoms with Gasteiger partial charge in [0, 0.05) is 56.8 Å². The molecule has 2 heterocycles. The molecule has 1 unspecified atom stereocenters. The number of carbonyl (C=O) groups excluding carboxylic acids is 1. The Hall–Kier alpha value is -3.43. The zero-order valence-electron chi connectivity index (χ0n) is 21.6. The zero-order valence-corrected chi connectivity index (χ0v) is 22.3. The fourth-order valence-electron chi connectivity index (χ4n) is 5.06. The van der Waals surface area contributed by atoms with Crippen molar-refractivity contribution < 1.29 is 24.2 Å². The third kappa shape index (κ3) is 5.26. The van der Waals surface area contributed by atoms with E-state index in [0.717, 1.165) is 5.69 Å². The van der Waals surface area contributed by atoms with Gasteiger partial charge in [0.05, 0.1) is 23.2 Å². The molecule has 1 amide bonds. The highest BCUT2D eigenvalue weighted by Gasteiger charge is 2.26. The van der Waals surface area contributed by atoms with Gasteiger partial charge in [-0.05, 0) is 35.2 Å². The summed E-state index contributed by atoms with van der Waals surface area (Å²) >= 11 is 6.03. The topological polar surface area (TPSA) is 103 Å². The summed E-state index contributed by atoms with van der Waals surface area (Å²) in [5.41, 5.74) is 1.14. The predicted octanol–water partition coefficient (Wildman–Crippen LogP) is 3.94. The molecule has 1 atom stereocenters. The first kappa shape index (κ1) is 27.6. The van der Waals surface area contributed by atoms with Crippen LogP contribution in [-0.4, -0.2) is 64.3 Å². The maximum Gasteiger partial charge on any atom is 0.341 e. The van der Waals surface area contributed by atoms with Crippen molar-refractivity contribution >= 4 is 40.1 Å². The number of rotatable bonds is 7. The second kappa shape index (κ2) is 11.1. The molecule has 3 aromatic rings. The average Bonchev–Trinajstić information content (AvgIpc) is 2.88. The van der Waals surface area contributed by atoms with E-state index in [9.17, 15) is 29.0 Å². The first-order valence-electron chi connectivity index (χ1n) is 12.5. The number of hydrogen-bond acceptors (Lipinski definition) is 5. The minimum absolute atomic E-state index is 0.0119. The van der Waals surface area contributed by atoms with Gasteiger partial charge in [-0.1, -0.05) is 37.6 Å². The Bertz CT molecular complexity index is 1450. The number of carboxylic acids is 1. The molecule has 1 fully saturated rings. The quantitative estimate of drug-likeness (QED) is 0.468. The first-order valence-corrected chi connectivity index (χ1v) is 12.9. The van der Waals surface area contributed by atoms with Gasteiger partial charge in [0.2, 0.25) is 11.3 Å². The normalized spacial score (nSPS) is 14.8. The van der Waals surface area contributed by atoms with Crippen molar-refractivity contribution in [2.75, 3.05) is 37.7 Å². The monoisotopic (exact) mass is 543 g/mol. The highest BCUT2D eigenvalue weighted by atomic mass is 35.5. The number of nitrogens with zero attached hydrogens (tertiary/aromatic N) is 3. The second-order valence-corrected chi connectivity index (χ2v) is 10.4. The van der Waals surface area contributed by atoms with Gasteiger partial charge >= 0.3 is 5.97 Å². The van der Waals surface area contributed by atoms with Gasteiger partial charge < -0.3 is 24.6 Å². The second-order valence-electron chi connectivity index (χ2n) is 9.96. The number of hydrogen-bond donors (Lipinski definition) is 2. The molecule has 0 saturated carbocycles. The molecular formula is C28H31ClFN3O5. The molecule has 1 aliphatic rings. The molecule has 1 aromatic heterocycles. The number of aliphatic hydroxyl groups is 1. The molecular weight excluding hydrogens is 513 g/mol. The van der Waals surface area contributed by atoms with E-state index in [1.165, 1.54) is 19.2 Å². The Morgan fingerprint density at radius 1 is 1.11 bits per heavy atom. The number of benzene rings is 2. The summed E-state index contributed by atoms with van der Waals surface area (Å²) in [6.07, 6.45) is 1.41. The lowest BCUT2D eigenvalue weighted by molar-refractivity contribution is -0.129. The van der Waals surface area contributed by atoms with Crippen LogP contribution in [0.3, 0.4) is 0 Å². The summed E-state index contributed by atoms with van der Waals surface area (Å²) in [6.45, 7) is 7.16. The van der Waals surface area contributed by atoms with Crippen molar-refractivity contribution in [2.45, 2.75) is 33.2 Å². The highest BCUT2D eigenvalue weighted by Crippen LogP contribution is 2.33. The third-order valence-electron chi connectivity index (χ3n) is 7.26. The van der Waals surface area contributed by atoms with Crippen molar-refractivity contribution in [3.63, 3.8) is 0 Å². The molecule has 4 rings (SSSR count). The number of piperazine rings is 1. The zero-order chi connectivity index (χ0) is 27.7. The summed E-state index contributed by atoms with van der Waals surface area (Å²) in [5, 5.41) is 20.1. The fourth-order valence-corrected chi connectivity index (χ4v) is 5.26. The van der Waals surface area contributed by atoms with E-state index in [1.54, 1.807) is 27.7 Å². The molecule has 10 heteroatoms. The number of aliphatic hydroxyl groups excluding tert-OH is 1. The number of aromatic carboxylic acids is 1. The van der Waals surface area contributed by atoms with Crippen molar-refractivity contribution in [1.29, 1.82) is 0 Å². The van der Waals surface area contributed by atoms with E-state index < -0.39 is 28.8 Å². The number of aromatic nitrogens is 1. The van der Waals surface area contributed by atoms with E-state index in [4.69, 9.17) is 11.6 Å². The standard InChI is InChI=1S/C28H31ClFN3O5/c1-16(2)25(15-34)33-14-21(28(37)38)27(36)20-12-19(11-18-5-4-6-22(29)26(18)30)23(13-24(20)33)32-9-7-31(8-10-32)17(3)35/h4-6,12-14,16,25,34H,7-11,15H2,1-3H3,(H,37,38). The highest BCUT2D eigenvalue weighted by molar-refractivity contribution is 6.30. The molecule has 0 radical (unpaired) electrons. The van der Waals surface area contributed by atoms with E-state index in [2.05, 4.69) is 4.90 Å². The van der Waals surface area contributed by atoms with E-state index in [-0.39, 0.29) is 35.3 Å². The number of fused-ring (bicyclic) bond motifs is 1. The van der Waals surface area contributed by atoms with Gasteiger partial charge in [-0.15, -0.1) is 0 Å². The lowest BCUT2D eigenvalue weighted by Gasteiger charge is -2.37. The summed E-state index contributed by atoms with van der Waals surface area (Å²) in [4.78, 5) is 41.0. The van der Waals surface area contributed by atoms with Crippen LogP contribution in [0.2, 0.25) is 5.02 Å². The SMILES string of the molecule is CC(=O)N1CCN(c2cc3c(cc2Cc2cccc(Cl)c2F)c(=O)c(C(=O)O)cn3C(CO)C(C)C)CC1. The van der Waals surface area contributed by atoms with Crippen LogP contribution in [0.1, 0.15) is 48.3 Å². The number of carbonyl (C=O) groups is 2. The fraction of sp³-hybridized carbons (Fsp3) is 0.393. The maximum absolute atomic E-state index is 14.9. The molecule has 2 aromatic carbocycles. The van der Waals surface area contributed by atoms with Gasteiger partial charge in [-0.3, -0.25) is 9.59 Å². The van der Waals surface area contributed by atoms with Crippen molar-refractivity contribution in [1.82, 2.24) is 9.47 Å². The summed E-state index contributed by atoms with van der Waals surface area (Å²) in [7, 11) is 0. The number of amides is 1. The lowest BCUT2D eigenvalue weighted by atomic mass is 9.97. The molecule has 0 aliphatic carbocycles. The van der Waals surface area contributed by atoms with Crippen molar-refractivity contribution in [3.8, 4) is 0 Å². The molecule has 2 N–H and O–H groups in total. The van der Waals surface area contributed by atoms with Gasteiger partial charge in [-0.25, -0.2) is 9.18 Å². The Morgan fingerprint density at radius 2 is 1.79 bits per heavy atom. The predicted molar refractivity (Wildman–Crippen MR) is 145 cm³/mol. The number of halogens is 2. The Morgan fingerprint density at radius 3 is 2.37 bits per heavy atom. The van der Waals surface area contributed by atoms with Crippen LogP contribution in [0.15, 0.2) is 41.3 Å². The van der Waals surface area contributed by atoms with Crippen LogP contribution in [-0.2, 0) is 11.2 Å². The first-order chi connectivity index (χ1) is 18.0. The molecule has 38 heavy (non-hydrogen) atoms. The van der Waals surface area contributed by atoms with Gasteiger partial charge in [0.25, 0.3) is 0 Å². The summed E-state index contributed by atoms with van der Waals surface area (Å²) in [5.74, 6) is -1.99. The van der Waals surface area contributed by atoms with Crippen molar-refractivity contribution in [3.05, 3.63) is 74.3 Å². The molecule has 1 saturated heterocycles. The van der Waals surface area contributed by atoms with Crippen LogP contribution in [0, 0.1) is 11.7 Å². The van der Waals surface area contributed by atoms with Gasteiger partial charge in [0.1, 0.15) is 11.4 Å². The van der Waals surface area contributed by atoms with E-state index in [1.807, 2.05) is 19.9 Å². The Kier molecular flexibility index (Phi) is 8.08. The molecule has 0 bridgehead atoms. The molecule has 1 aliphatic heterocycles. The third-order valence-corrected chi connectivity index (χ3v) is 7.55. The van der Waals surface area contributed by atoms with Crippen LogP contribution in [0.5, 0.6) is 0 Å². The minimum atomic E-state index is -1.36. The molecule has 8 nitrogen and oxygen atoms in total. The summed E-state index contributed by atoms with van der Waals surface area (Å²) in [6, 6.07) is 7.69. The van der Waals surface area contributed by atoms with Crippen LogP contribution >= 0.6 is 11.6 Å². The smallest absolute Gasteiger partial charge is 0.341 e. The average molecular weight is 544 g/mol. The maximum atomic E-state index is 14.9. The Balaban J connectivity index is 1.97. The minimum Gasteiger partial charge on any atom is -0.477 e. The van der Waals surface area contributed by atoms with Gasteiger partial charge in [-0.2, -0.15) is 0 Å².